The molecule has 0 unspecified atom stereocenters. The second-order valence-corrected chi connectivity index (χ2v) is 12.8. The van der Waals surface area contributed by atoms with Crippen molar-refractivity contribution in [3.8, 4) is 51.0 Å². The molecule has 0 fully saturated rings. The molecule has 51 heavy (non-hydrogen) atoms. The van der Waals surface area contributed by atoms with Gasteiger partial charge in [0.05, 0.1) is 16.7 Å². The molecule has 4 heteroatoms. The molecule has 0 bridgehead atoms. The summed E-state index contributed by atoms with van der Waals surface area (Å²) in [6, 6.07) is 63.9. The van der Waals surface area contributed by atoms with Gasteiger partial charge in [0, 0.05) is 32.8 Å². The van der Waals surface area contributed by atoms with Crippen LogP contribution in [0, 0.1) is 0 Å². The second-order valence-electron chi connectivity index (χ2n) is 12.8. The van der Waals surface area contributed by atoms with E-state index in [2.05, 4.69) is 168 Å². The molecule has 4 nitrogen and oxygen atoms in total. The minimum absolute atomic E-state index is 0.622. The minimum Gasteiger partial charge on any atom is -0.308 e. The number of nitrogens with zero attached hydrogens (tertiary/aromatic N) is 4. The van der Waals surface area contributed by atoms with Crippen LogP contribution in [0.25, 0.3) is 94.3 Å². The fourth-order valence-electron chi connectivity index (χ4n) is 7.45. The molecule has 0 spiro atoms. The molecule has 0 aliphatic carbocycles. The summed E-state index contributed by atoms with van der Waals surface area (Å²) in [5, 5.41) is 7.04. The lowest BCUT2D eigenvalue weighted by molar-refractivity contribution is 1.07. The lowest BCUT2D eigenvalue weighted by Gasteiger charge is -2.16. The maximum atomic E-state index is 5.27. The summed E-state index contributed by atoms with van der Waals surface area (Å²) in [5.74, 6) is 1.90. The Labute approximate surface area is 295 Å². The lowest BCUT2D eigenvalue weighted by Crippen LogP contribution is -2.04. The van der Waals surface area contributed by atoms with E-state index in [0.717, 1.165) is 44.2 Å². The highest BCUT2D eigenvalue weighted by atomic mass is 15.1. The summed E-state index contributed by atoms with van der Waals surface area (Å²) in [6.07, 6.45) is 0. The Kier molecular flexibility index (Phi) is 6.78. The van der Waals surface area contributed by atoms with Crippen molar-refractivity contribution in [1.29, 1.82) is 0 Å². The van der Waals surface area contributed by atoms with Crippen LogP contribution in [0.2, 0.25) is 0 Å². The summed E-state index contributed by atoms with van der Waals surface area (Å²) in [4.78, 5) is 15.6. The molecule has 0 aliphatic rings. The molecule has 0 atom stereocenters. The van der Waals surface area contributed by atoms with Crippen LogP contribution in [0.5, 0.6) is 0 Å². The third-order valence-corrected chi connectivity index (χ3v) is 9.84. The monoisotopic (exact) mass is 650 g/mol. The number of para-hydroxylation sites is 1. The summed E-state index contributed by atoms with van der Waals surface area (Å²) in [7, 11) is 0. The molecule has 0 radical (unpaired) electrons. The molecule has 10 rings (SSSR count). The molecule has 0 saturated heterocycles. The topological polar surface area (TPSA) is 43.6 Å². The summed E-state index contributed by atoms with van der Waals surface area (Å²) in [6.45, 7) is 0. The standard InChI is InChI=1S/C47H30N4/c1-3-14-31(15-4-1)35-27-28-38-39-29-26-33-17-8-10-22-37(33)44(39)51(43(38)30-35)42-25-12-11-23-41(42)47-49-45(34-18-5-2-6-19-34)48-46(50-47)40-24-13-20-32-16-7-9-21-36(32)40/h1-30H. The van der Waals surface area contributed by atoms with Crippen LogP contribution < -0.4 is 0 Å². The molecule has 0 aliphatic heterocycles. The quantitative estimate of drug-likeness (QED) is 0.186. The Morgan fingerprint density at radius 2 is 0.902 bits per heavy atom. The Morgan fingerprint density at radius 3 is 1.71 bits per heavy atom. The van der Waals surface area contributed by atoms with Crippen molar-refractivity contribution in [2.45, 2.75) is 0 Å². The van der Waals surface area contributed by atoms with Crippen molar-refractivity contribution >= 4 is 43.4 Å². The van der Waals surface area contributed by atoms with Crippen LogP contribution in [-0.4, -0.2) is 19.5 Å². The molecule has 2 heterocycles. The number of benzene rings is 8. The first-order valence-electron chi connectivity index (χ1n) is 17.2. The van der Waals surface area contributed by atoms with Crippen molar-refractivity contribution in [2.24, 2.45) is 0 Å². The maximum absolute atomic E-state index is 5.27. The minimum atomic E-state index is 0.622. The molecule has 0 amide bonds. The Hall–Kier alpha value is -6.91. The highest BCUT2D eigenvalue weighted by Gasteiger charge is 2.21. The van der Waals surface area contributed by atoms with Crippen LogP contribution in [0.4, 0.5) is 0 Å². The fourth-order valence-corrected chi connectivity index (χ4v) is 7.45. The number of hydrogen-bond donors (Lipinski definition) is 0. The first kappa shape index (κ1) is 29.0. The van der Waals surface area contributed by atoms with Crippen molar-refractivity contribution in [3.05, 3.63) is 182 Å². The number of fused-ring (bicyclic) bond motifs is 6. The van der Waals surface area contributed by atoms with E-state index in [9.17, 15) is 0 Å². The first-order chi connectivity index (χ1) is 25.3. The van der Waals surface area contributed by atoms with Gasteiger partial charge in [-0.3, -0.25) is 0 Å². The summed E-state index contributed by atoms with van der Waals surface area (Å²) in [5.41, 5.74) is 8.48. The van der Waals surface area contributed by atoms with Gasteiger partial charge in [0.25, 0.3) is 0 Å². The average Bonchev–Trinajstić information content (AvgIpc) is 3.55. The molecular formula is C47H30N4. The lowest BCUT2D eigenvalue weighted by atomic mass is 10.0. The van der Waals surface area contributed by atoms with Gasteiger partial charge in [-0.25, -0.2) is 15.0 Å². The van der Waals surface area contributed by atoms with E-state index in [1.54, 1.807) is 0 Å². The largest absolute Gasteiger partial charge is 0.308 e. The van der Waals surface area contributed by atoms with E-state index in [0.29, 0.717) is 17.5 Å². The SMILES string of the molecule is c1ccc(-c2ccc3c4ccc5ccccc5c4n(-c4ccccc4-c4nc(-c5ccccc5)nc(-c5cccc6ccccc56)n4)c3c2)cc1. The van der Waals surface area contributed by atoms with Gasteiger partial charge >= 0.3 is 0 Å². The fraction of sp³-hybridized carbons (Fsp3) is 0. The summed E-state index contributed by atoms with van der Waals surface area (Å²) < 4.78 is 2.42. The van der Waals surface area contributed by atoms with E-state index in [-0.39, 0.29) is 0 Å². The molecule has 2 aromatic heterocycles. The molecule has 8 aromatic carbocycles. The Morgan fingerprint density at radius 1 is 0.333 bits per heavy atom. The number of aromatic nitrogens is 4. The zero-order valence-corrected chi connectivity index (χ0v) is 27.6. The van der Waals surface area contributed by atoms with Gasteiger partial charge in [0.15, 0.2) is 17.5 Å². The van der Waals surface area contributed by atoms with Gasteiger partial charge in [-0.2, -0.15) is 0 Å². The van der Waals surface area contributed by atoms with E-state index in [1.807, 2.05) is 18.2 Å². The van der Waals surface area contributed by atoms with Crippen molar-refractivity contribution in [2.75, 3.05) is 0 Å². The predicted molar refractivity (Wildman–Crippen MR) is 211 cm³/mol. The van der Waals surface area contributed by atoms with Crippen molar-refractivity contribution in [1.82, 2.24) is 19.5 Å². The maximum Gasteiger partial charge on any atom is 0.166 e. The van der Waals surface area contributed by atoms with Gasteiger partial charge < -0.3 is 4.57 Å². The first-order valence-corrected chi connectivity index (χ1v) is 17.2. The third kappa shape index (κ3) is 4.88. The van der Waals surface area contributed by atoms with E-state index < -0.39 is 0 Å². The average molecular weight is 651 g/mol. The zero-order chi connectivity index (χ0) is 33.7. The van der Waals surface area contributed by atoms with Crippen LogP contribution in [-0.2, 0) is 0 Å². The van der Waals surface area contributed by atoms with Gasteiger partial charge in [-0.1, -0.05) is 164 Å². The highest BCUT2D eigenvalue weighted by molar-refractivity contribution is 6.19. The Bertz CT molecular complexity index is 2900. The number of hydrogen-bond acceptors (Lipinski definition) is 3. The normalized spacial score (nSPS) is 11.5. The van der Waals surface area contributed by atoms with Gasteiger partial charge in [-0.15, -0.1) is 0 Å². The van der Waals surface area contributed by atoms with Crippen LogP contribution in [0.3, 0.4) is 0 Å². The molecule has 0 saturated carbocycles. The van der Waals surface area contributed by atoms with Crippen molar-refractivity contribution < 1.29 is 0 Å². The predicted octanol–water partition coefficient (Wildman–Crippen LogP) is 11.9. The van der Waals surface area contributed by atoms with Gasteiger partial charge in [-0.05, 0) is 45.5 Å². The van der Waals surface area contributed by atoms with E-state index in [1.165, 1.54) is 32.7 Å². The molecule has 10 aromatic rings. The third-order valence-electron chi connectivity index (χ3n) is 9.84. The second kappa shape index (κ2) is 11.9. The van der Waals surface area contributed by atoms with Gasteiger partial charge in [0.1, 0.15) is 0 Å². The molecule has 0 N–H and O–H groups in total. The van der Waals surface area contributed by atoms with Crippen LogP contribution in [0.1, 0.15) is 0 Å². The zero-order valence-electron chi connectivity index (χ0n) is 27.6. The van der Waals surface area contributed by atoms with E-state index in [4.69, 9.17) is 15.0 Å². The van der Waals surface area contributed by atoms with Crippen molar-refractivity contribution in [3.63, 3.8) is 0 Å². The summed E-state index contributed by atoms with van der Waals surface area (Å²) >= 11 is 0. The highest BCUT2D eigenvalue weighted by Crippen LogP contribution is 2.41. The van der Waals surface area contributed by atoms with E-state index >= 15 is 0 Å². The van der Waals surface area contributed by atoms with Gasteiger partial charge in [0.2, 0.25) is 0 Å². The molecule has 238 valence electrons. The Balaban J connectivity index is 1.29. The van der Waals surface area contributed by atoms with Crippen LogP contribution in [0.15, 0.2) is 182 Å². The van der Waals surface area contributed by atoms with Crippen LogP contribution >= 0.6 is 0 Å². The molecular weight excluding hydrogens is 621 g/mol. The smallest absolute Gasteiger partial charge is 0.166 e. The number of rotatable bonds is 5.